The number of aryl methyl sites for hydroxylation is 1. The molecule has 1 aliphatic rings. The third kappa shape index (κ3) is 4.56. The van der Waals surface area contributed by atoms with Gasteiger partial charge < -0.3 is 0 Å². The molecule has 4 heteroatoms. The topological polar surface area (TPSA) is 64.0 Å². The molecule has 1 aliphatic carbocycles. The van der Waals surface area contributed by atoms with Gasteiger partial charge in [-0.1, -0.05) is 50.7 Å². The fourth-order valence-electron chi connectivity index (χ4n) is 3.94. The van der Waals surface area contributed by atoms with E-state index in [4.69, 9.17) is 5.73 Å². The number of anilines is 1. The number of rotatable bonds is 1. The molecule has 1 aromatic heterocycles. The summed E-state index contributed by atoms with van der Waals surface area (Å²) in [5.74, 6) is 0.506. The first-order valence-electron chi connectivity index (χ1n) is 9.73. The molecule has 0 unspecified atom stereocenters. The normalized spacial score (nSPS) is 16.0. The van der Waals surface area contributed by atoms with Crippen molar-refractivity contribution in [2.75, 3.05) is 5.73 Å². The maximum atomic E-state index is 9.77. The number of nitrogens with one attached hydrogen (secondary N) is 1. The van der Waals surface area contributed by atoms with Crippen molar-refractivity contribution in [1.29, 1.82) is 5.26 Å². The van der Waals surface area contributed by atoms with Crippen molar-refractivity contribution in [1.82, 2.24) is 0 Å². The second-order valence-corrected chi connectivity index (χ2v) is 8.44. The molecular formula is C22H27IN3+. The molecule has 1 aromatic carbocycles. The van der Waals surface area contributed by atoms with Crippen molar-refractivity contribution in [2.24, 2.45) is 0 Å². The lowest BCUT2D eigenvalue weighted by Crippen LogP contribution is -2.22. The minimum atomic E-state index is 0.506. The van der Waals surface area contributed by atoms with Gasteiger partial charge in [0.2, 0.25) is 0 Å². The fraction of sp³-hybridized carbons (Fsp3) is 0.455. The number of nitrogens with two attached hydrogens (primary N) is 1. The Bertz CT molecular complexity index is 791. The van der Waals surface area contributed by atoms with Gasteiger partial charge in [-0.05, 0) is 59.5 Å². The van der Waals surface area contributed by atoms with Gasteiger partial charge in [0.05, 0.1) is 0 Å². The zero-order valence-corrected chi connectivity index (χ0v) is 17.4. The van der Waals surface area contributed by atoms with E-state index in [2.05, 4.69) is 57.9 Å². The van der Waals surface area contributed by atoms with E-state index in [9.17, 15) is 5.26 Å². The third-order valence-electron chi connectivity index (χ3n) is 5.32. The molecule has 2 aromatic rings. The largest absolute Gasteiger partial charge is 0.289 e. The van der Waals surface area contributed by atoms with E-state index in [-0.39, 0.29) is 0 Å². The number of nitriles is 1. The first-order valence-corrected chi connectivity index (χ1v) is 10.8. The van der Waals surface area contributed by atoms with Gasteiger partial charge >= 0.3 is 0 Å². The van der Waals surface area contributed by atoms with Crippen LogP contribution in [-0.4, -0.2) is 0 Å². The maximum absolute atomic E-state index is 9.77. The number of aromatic amines is 1. The Morgan fingerprint density at radius 1 is 0.885 bits per heavy atom. The van der Waals surface area contributed by atoms with Crippen LogP contribution in [0.3, 0.4) is 0 Å². The van der Waals surface area contributed by atoms with E-state index < -0.39 is 0 Å². The summed E-state index contributed by atoms with van der Waals surface area (Å²) < 4.78 is 1.20. The van der Waals surface area contributed by atoms with Crippen LogP contribution in [0.1, 0.15) is 68.2 Å². The number of H-pyrrole nitrogens is 1. The molecule has 1 heterocycles. The van der Waals surface area contributed by atoms with Gasteiger partial charge in [0.15, 0.2) is 0 Å². The molecule has 0 saturated carbocycles. The summed E-state index contributed by atoms with van der Waals surface area (Å²) in [5.41, 5.74) is 11.5. The first-order chi connectivity index (χ1) is 12.7. The molecule has 0 bridgehead atoms. The Kier molecular flexibility index (Phi) is 6.90. The zero-order chi connectivity index (χ0) is 18.4. The summed E-state index contributed by atoms with van der Waals surface area (Å²) in [6.45, 7) is 0. The number of benzene rings is 1. The van der Waals surface area contributed by atoms with Crippen molar-refractivity contribution < 1.29 is 4.98 Å². The summed E-state index contributed by atoms with van der Waals surface area (Å²) in [6, 6.07) is 10.8. The molecule has 0 spiro atoms. The highest BCUT2D eigenvalue weighted by Crippen LogP contribution is 2.33. The first kappa shape index (κ1) is 19.2. The van der Waals surface area contributed by atoms with Gasteiger partial charge in [0.25, 0.3) is 5.82 Å². The lowest BCUT2D eigenvalue weighted by Gasteiger charge is -2.16. The summed E-state index contributed by atoms with van der Waals surface area (Å²) in [6.07, 6.45) is 12.3. The van der Waals surface area contributed by atoms with Crippen molar-refractivity contribution in [3.63, 3.8) is 0 Å². The maximum Gasteiger partial charge on any atom is 0.289 e. The molecule has 3 nitrogen and oxygen atoms in total. The Hall–Kier alpha value is -1.61. The zero-order valence-electron chi connectivity index (χ0n) is 15.3. The highest BCUT2D eigenvalue weighted by Gasteiger charge is 2.22. The predicted molar refractivity (Wildman–Crippen MR) is 115 cm³/mol. The highest BCUT2D eigenvalue weighted by atomic mass is 127. The van der Waals surface area contributed by atoms with E-state index in [1.165, 1.54) is 66.2 Å². The van der Waals surface area contributed by atoms with Gasteiger partial charge in [0, 0.05) is 21.1 Å². The van der Waals surface area contributed by atoms with E-state index in [1.807, 2.05) is 0 Å². The monoisotopic (exact) mass is 460 g/mol. The Morgan fingerprint density at radius 3 is 2.08 bits per heavy atom. The summed E-state index contributed by atoms with van der Waals surface area (Å²) in [5, 5.41) is 9.77. The number of fused-ring (bicyclic) bond motifs is 1. The standard InChI is InChI=1S/C22H26IN3/c23-17-13-11-16(12-14-17)21-18-9-7-5-3-1-2-4-6-8-10-20(18)26-22(25)19(21)15-24/h11-14H,1-10H2,(H2,25,26)/p+1. The molecule has 136 valence electrons. The molecule has 0 radical (unpaired) electrons. The molecule has 3 N–H and O–H groups in total. The van der Waals surface area contributed by atoms with Crippen molar-refractivity contribution in [3.8, 4) is 17.2 Å². The van der Waals surface area contributed by atoms with Gasteiger partial charge in [-0.25, -0.2) is 4.98 Å². The van der Waals surface area contributed by atoms with Crippen LogP contribution in [0.2, 0.25) is 0 Å². The van der Waals surface area contributed by atoms with Crippen molar-refractivity contribution in [2.45, 2.75) is 64.2 Å². The molecule has 26 heavy (non-hydrogen) atoms. The molecule has 3 rings (SSSR count). The number of nitrogen functional groups attached to an aromatic ring is 1. The van der Waals surface area contributed by atoms with Gasteiger partial charge in [-0.3, -0.25) is 5.73 Å². The second kappa shape index (κ2) is 9.36. The fourth-order valence-corrected chi connectivity index (χ4v) is 4.30. The number of aromatic nitrogens is 1. The summed E-state index contributed by atoms with van der Waals surface area (Å²) >= 11 is 2.32. The Balaban J connectivity index is 2.10. The molecule has 0 saturated heterocycles. The number of hydrogen-bond acceptors (Lipinski definition) is 2. The van der Waals surface area contributed by atoms with Crippen LogP contribution in [0.15, 0.2) is 24.3 Å². The van der Waals surface area contributed by atoms with E-state index in [0.29, 0.717) is 11.4 Å². The minimum absolute atomic E-state index is 0.506. The molecule has 0 fully saturated rings. The molecule has 0 aliphatic heterocycles. The lowest BCUT2D eigenvalue weighted by molar-refractivity contribution is -0.374. The quantitative estimate of drug-likeness (QED) is 0.576. The Labute approximate surface area is 170 Å². The van der Waals surface area contributed by atoms with Crippen molar-refractivity contribution >= 4 is 28.4 Å². The highest BCUT2D eigenvalue weighted by molar-refractivity contribution is 14.1. The van der Waals surface area contributed by atoms with E-state index in [1.54, 1.807) is 0 Å². The molecule has 0 atom stereocenters. The van der Waals surface area contributed by atoms with Crippen LogP contribution in [0, 0.1) is 14.9 Å². The van der Waals surface area contributed by atoms with E-state index in [0.717, 1.165) is 24.0 Å². The molecule has 0 amide bonds. The average molecular weight is 460 g/mol. The predicted octanol–water partition coefficient (Wildman–Crippen LogP) is 5.45. The number of halogens is 1. The van der Waals surface area contributed by atoms with Crippen LogP contribution in [0.25, 0.3) is 11.1 Å². The van der Waals surface area contributed by atoms with Gasteiger partial charge in [0.1, 0.15) is 17.3 Å². The summed E-state index contributed by atoms with van der Waals surface area (Å²) in [7, 11) is 0. The summed E-state index contributed by atoms with van der Waals surface area (Å²) in [4.78, 5) is 3.37. The number of nitrogens with zero attached hydrogens (tertiary/aromatic N) is 1. The minimum Gasteiger partial charge on any atom is -0.286 e. The second-order valence-electron chi connectivity index (χ2n) is 7.19. The smallest absolute Gasteiger partial charge is 0.286 e. The molecular weight excluding hydrogens is 433 g/mol. The lowest BCUT2D eigenvalue weighted by atomic mass is 9.89. The van der Waals surface area contributed by atoms with Crippen LogP contribution in [-0.2, 0) is 12.8 Å². The SMILES string of the molecule is N#Cc1c(N)[nH+]c2c(c1-c1ccc(I)cc1)CCCCCCCCCC2. The number of hydrogen-bond donors (Lipinski definition) is 1. The van der Waals surface area contributed by atoms with Crippen LogP contribution in [0.4, 0.5) is 5.82 Å². The van der Waals surface area contributed by atoms with Crippen LogP contribution >= 0.6 is 22.6 Å². The number of pyridine rings is 1. The Morgan fingerprint density at radius 2 is 1.46 bits per heavy atom. The third-order valence-corrected chi connectivity index (χ3v) is 6.04. The van der Waals surface area contributed by atoms with Crippen molar-refractivity contribution in [3.05, 3.63) is 44.7 Å². The van der Waals surface area contributed by atoms with E-state index >= 15 is 0 Å². The van der Waals surface area contributed by atoms with Gasteiger partial charge in [-0.15, -0.1) is 0 Å². The van der Waals surface area contributed by atoms with Crippen LogP contribution < -0.4 is 10.7 Å². The van der Waals surface area contributed by atoms with Crippen LogP contribution in [0.5, 0.6) is 0 Å². The van der Waals surface area contributed by atoms with Gasteiger partial charge in [-0.2, -0.15) is 5.26 Å². The average Bonchev–Trinajstić information content (AvgIpc) is 2.63.